The zero-order valence-corrected chi connectivity index (χ0v) is 25.7. The summed E-state index contributed by atoms with van der Waals surface area (Å²) >= 11 is 4.75. The van der Waals surface area contributed by atoms with Crippen molar-refractivity contribution in [2.75, 3.05) is 20.0 Å². The third-order valence-corrected chi connectivity index (χ3v) is 8.39. The summed E-state index contributed by atoms with van der Waals surface area (Å²) in [6.07, 6.45) is 0.590. The molecule has 42 heavy (non-hydrogen) atoms. The molecule has 0 radical (unpaired) electrons. The average Bonchev–Trinajstić information content (AvgIpc) is 3.63. The normalized spacial score (nSPS) is 14.4. The van der Waals surface area contributed by atoms with Crippen molar-refractivity contribution in [3.05, 3.63) is 99.8 Å². The van der Waals surface area contributed by atoms with Gasteiger partial charge in [0.05, 0.1) is 38.3 Å². The van der Waals surface area contributed by atoms with Gasteiger partial charge in [0.15, 0.2) is 11.0 Å². The average molecular weight is 650 g/mol. The lowest BCUT2D eigenvalue weighted by Crippen LogP contribution is -2.28. The van der Waals surface area contributed by atoms with Gasteiger partial charge in [0, 0.05) is 23.5 Å². The first kappa shape index (κ1) is 29.3. The molecule has 216 valence electrons. The predicted molar refractivity (Wildman–Crippen MR) is 164 cm³/mol. The van der Waals surface area contributed by atoms with Gasteiger partial charge in [-0.15, -0.1) is 10.2 Å². The van der Waals surface area contributed by atoms with E-state index in [2.05, 4.69) is 31.4 Å². The SMILES string of the molecule is COc1ccc(C(=O)NCc2nnc(SCC(=O)N3N=C(c4ccc(Br)cc4)C[C@@H]3c3ccc(OC)cc3)n2C)cc1. The molecule has 0 saturated carbocycles. The predicted octanol–water partition coefficient (Wildman–Crippen LogP) is 4.99. The molecule has 3 aromatic carbocycles. The van der Waals surface area contributed by atoms with E-state index < -0.39 is 0 Å². The van der Waals surface area contributed by atoms with Gasteiger partial charge >= 0.3 is 0 Å². The standard InChI is InChI=1S/C30H29BrN6O4S/c1-36-27(17-32-29(39)21-8-14-24(41-3)15-9-21)33-34-30(36)42-18-28(38)37-26(20-6-12-23(40-2)13-7-20)16-25(35-37)19-4-10-22(31)11-5-19/h4-15,26H,16-18H2,1-3H3,(H,32,39)/t26-/m1/s1. The first-order chi connectivity index (χ1) is 20.4. The van der Waals surface area contributed by atoms with Crippen LogP contribution in [0.25, 0.3) is 0 Å². The van der Waals surface area contributed by atoms with Gasteiger partial charge in [0.2, 0.25) is 0 Å². The number of rotatable bonds is 10. The quantitative estimate of drug-likeness (QED) is 0.241. The molecule has 2 amide bonds. The number of methoxy groups -OCH3 is 2. The van der Waals surface area contributed by atoms with Crippen LogP contribution >= 0.6 is 27.7 Å². The number of amides is 2. The second kappa shape index (κ2) is 13.2. The summed E-state index contributed by atoms with van der Waals surface area (Å²) in [7, 11) is 5.01. The van der Waals surface area contributed by atoms with E-state index in [0.29, 0.717) is 28.7 Å². The number of nitrogens with zero attached hydrogens (tertiary/aromatic N) is 5. The Kier molecular flexibility index (Phi) is 9.23. The van der Waals surface area contributed by atoms with E-state index in [4.69, 9.17) is 14.6 Å². The molecule has 2 heterocycles. The molecule has 12 heteroatoms. The fourth-order valence-electron chi connectivity index (χ4n) is 4.46. The van der Waals surface area contributed by atoms with Crippen LogP contribution in [0.5, 0.6) is 11.5 Å². The van der Waals surface area contributed by atoms with Crippen molar-refractivity contribution < 1.29 is 19.1 Å². The summed E-state index contributed by atoms with van der Waals surface area (Å²) in [4.78, 5) is 26.1. The molecule has 4 aromatic rings. The van der Waals surface area contributed by atoms with Crippen LogP contribution in [0.4, 0.5) is 0 Å². The largest absolute Gasteiger partial charge is 0.497 e. The Morgan fingerprint density at radius 2 is 1.60 bits per heavy atom. The van der Waals surface area contributed by atoms with E-state index in [9.17, 15) is 9.59 Å². The number of hydrogen-bond acceptors (Lipinski definition) is 8. The number of nitrogens with one attached hydrogen (secondary N) is 1. The number of carbonyl (C=O) groups excluding carboxylic acids is 2. The first-order valence-electron chi connectivity index (χ1n) is 13.1. The molecule has 10 nitrogen and oxygen atoms in total. The highest BCUT2D eigenvalue weighted by Crippen LogP contribution is 2.34. The fourth-order valence-corrected chi connectivity index (χ4v) is 5.51. The Balaban J connectivity index is 1.26. The molecule has 5 rings (SSSR count). The van der Waals surface area contributed by atoms with Crippen molar-refractivity contribution in [3.63, 3.8) is 0 Å². The molecule has 1 N–H and O–H groups in total. The minimum atomic E-state index is -0.245. The summed E-state index contributed by atoms with van der Waals surface area (Å²) < 4.78 is 13.2. The molecule has 1 aliphatic heterocycles. The highest BCUT2D eigenvalue weighted by atomic mass is 79.9. The summed E-state index contributed by atoms with van der Waals surface area (Å²) in [6, 6.07) is 22.2. The fraction of sp³-hybridized carbons (Fsp3) is 0.233. The van der Waals surface area contributed by atoms with E-state index in [-0.39, 0.29) is 30.2 Å². The number of hydrazone groups is 1. The maximum atomic E-state index is 13.5. The van der Waals surface area contributed by atoms with E-state index in [0.717, 1.165) is 27.1 Å². The van der Waals surface area contributed by atoms with Crippen molar-refractivity contribution in [3.8, 4) is 11.5 Å². The number of carbonyl (C=O) groups is 2. The molecule has 1 aromatic heterocycles. The van der Waals surface area contributed by atoms with Gasteiger partial charge in [-0.3, -0.25) is 9.59 Å². The molecule has 0 bridgehead atoms. The third kappa shape index (κ3) is 6.66. The lowest BCUT2D eigenvalue weighted by molar-refractivity contribution is -0.130. The van der Waals surface area contributed by atoms with Crippen LogP contribution in [0.1, 0.15) is 39.8 Å². The van der Waals surface area contributed by atoms with Crippen LogP contribution in [-0.2, 0) is 18.4 Å². The maximum absolute atomic E-state index is 13.5. The first-order valence-corrected chi connectivity index (χ1v) is 14.9. The molecule has 0 fully saturated rings. The van der Waals surface area contributed by atoms with Crippen molar-refractivity contribution in [2.24, 2.45) is 12.1 Å². The molecule has 0 spiro atoms. The number of halogens is 1. The van der Waals surface area contributed by atoms with E-state index in [1.165, 1.54) is 11.8 Å². The second-order valence-electron chi connectivity index (χ2n) is 9.44. The summed E-state index contributed by atoms with van der Waals surface area (Å²) in [5, 5.41) is 18.2. The number of aromatic nitrogens is 3. The van der Waals surface area contributed by atoms with Gasteiger partial charge in [-0.25, -0.2) is 5.01 Å². The Morgan fingerprint density at radius 3 is 2.24 bits per heavy atom. The van der Waals surface area contributed by atoms with Gasteiger partial charge in [-0.05, 0) is 59.7 Å². The lowest BCUT2D eigenvalue weighted by atomic mass is 9.98. The van der Waals surface area contributed by atoms with Gasteiger partial charge in [-0.2, -0.15) is 5.10 Å². The molecule has 0 saturated heterocycles. The van der Waals surface area contributed by atoms with Gasteiger partial charge in [0.1, 0.15) is 11.5 Å². The molecule has 0 unspecified atom stereocenters. The van der Waals surface area contributed by atoms with Crippen LogP contribution in [0.15, 0.2) is 87.5 Å². The zero-order valence-electron chi connectivity index (χ0n) is 23.3. The van der Waals surface area contributed by atoms with Gasteiger partial charge in [-0.1, -0.05) is 52.0 Å². The maximum Gasteiger partial charge on any atom is 0.253 e. The van der Waals surface area contributed by atoms with Crippen molar-refractivity contribution in [1.82, 2.24) is 25.1 Å². The third-order valence-electron chi connectivity index (χ3n) is 6.85. The summed E-state index contributed by atoms with van der Waals surface area (Å²) in [5.74, 6) is 1.73. The van der Waals surface area contributed by atoms with Crippen LogP contribution in [0.3, 0.4) is 0 Å². The zero-order chi connectivity index (χ0) is 29.6. The minimum Gasteiger partial charge on any atom is -0.497 e. The van der Waals surface area contributed by atoms with Crippen LogP contribution in [0.2, 0.25) is 0 Å². The Labute approximate surface area is 256 Å². The van der Waals surface area contributed by atoms with Crippen molar-refractivity contribution >= 4 is 45.2 Å². The summed E-state index contributed by atoms with van der Waals surface area (Å²) in [6.45, 7) is 0.190. The highest BCUT2D eigenvalue weighted by Gasteiger charge is 2.33. The van der Waals surface area contributed by atoms with Gasteiger partial charge in [0.25, 0.3) is 11.8 Å². The minimum absolute atomic E-state index is 0.119. The Hall–Kier alpha value is -4.16. The Bertz CT molecular complexity index is 1590. The number of hydrogen-bond donors (Lipinski definition) is 1. The molecule has 0 aliphatic carbocycles. The van der Waals surface area contributed by atoms with Crippen LogP contribution in [-0.4, -0.2) is 57.3 Å². The van der Waals surface area contributed by atoms with Crippen molar-refractivity contribution in [2.45, 2.75) is 24.2 Å². The topological polar surface area (TPSA) is 111 Å². The number of ether oxygens (including phenoxy) is 2. The van der Waals surface area contributed by atoms with Crippen LogP contribution in [0, 0.1) is 0 Å². The number of benzene rings is 3. The molecule has 1 atom stereocenters. The van der Waals surface area contributed by atoms with Gasteiger partial charge < -0.3 is 19.4 Å². The lowest BCUT2D eigenvalue weighted by Gasteiger charge is -2.22. The van der Waals surface area contributed by atoms with Crippen LogP contribution < -0.4 is 14.8 Å². The number of thioether (sulfide) groups is 1. The van der Waals surface area contributed by atoms with E-state index in [1.54, 1.807) is 48.1 Å². The molecule has 1 aliphatic rings. The monoisotopic (exact) mass is 648 g/mol. The molecular weight excluding hydrogens is 620 g/mol. The second-order valence-corrected chi connectivity index (χ2v) is 11.3. The molecular formula is C30H29BrN6O4S. The van der Waals surface area contributed by atoms with Crippen molar-refractivity contribution in [1.29, 1.82) is 0 Å². The summed E-state index contributed by atoms with van der Waals surface area (Å²) in [5.41, 5.74) is 3.29. The highest BCUT2D eigenvalue weighted by molar-refractivity contribution is 9.10. The Morgan fingerprint density at radius 1 is 0.952 bits per heavy atom. The van der Waals surface area contributed by atoms with E-state index >= 15 is 0 Å². The van der Waals surface area contributed by atoms with E-state index in [1.807, 2.05) is 55.6 Å². The smallest absolute Gasteiger partial charge is 0.253 e.